The van der Waals surface area contributed by atoms with Crippen LogP contribution < -0.4 is 25.8 Å². The highest BCUT2D eigenvalue weighted by Gasteiger charge is 2.32. The number of hydrazine groups is 2. The number of rotatable bonds is 7. The van der Waals surface area contributed by atoms with Gasteiger partial charge in [0, 0.05) is 0 Å². The number of primary amides is 1. The molecule has 3 rings (SSSR count). The van der Waals surface area contributed by atoms with E-state index in [1.165, 1.54) is 5.01 Å². The van der Waals surface area contributed by atoms with Crippen molar-refractivity contribution in [2.45, 2.75) is 32.9 Å². The van der Waals surface area contributed by atoms with Gasteiger partial charge in [0.1, 0.15) is 6.54 Å². The molecule has 0 radical (unpaired) electrons. The number of amides is 2. The zero-order valence-corrected chi connectivity index (χ0v) is 17.0. The first-order chi connectivity index (χ1) is 13.8. The fraction of sp³-hybridized carbons (Fsp3) is 0.333. The van der Waals surface area contributed by atoms with E-state index in [0.29, 0.717) is 22.7 Å². The molecule has 3 N–H and O–H groups in total. The van der Waals surface area contributed by atoms with Crippen LogP contribution in [0.15, 0.2) is 42.5 Å². The van der Waals surface area contributed by atoms with Crippen LogP contribution in [0.1, 0.15) is 42.7 Å². The van der Waals surface area contributed by atoms with E-state index in [4.69, 9.17) is 15.2 Å². The van der Waals surface area contributed by atoms with Crippen molar-refractivity contribution < 1.29 is 19.1 Å². The number of anilines is 1. The SMILES string of the molecule is COc1cc(C(C)N2NN(CC(N)=O)C(=O)c3ccccc32)ccc1OC(C)C. The number of hydrogen-bond donors (Lipinski definition) is 2. The first-order valence-corrected chi connectivity index (χ1v) is 9.41. The number of nitrogens with zero attached hydrogens (tertiary/aromatic N) is 2. The normalized spacial score (nSPS) is 14.6. The summed E-state index contributed by atoms with van der Waals surface area (Å²) in [6.45, 7) is 5.66. The summed E-state index contributed by atoms with van der Waals surface area (Å²) in [5, 5.41) is 3.05. The lowest BCUT2D eigenvalue weighted by Gasteiger charge is -2.41. The summed E-state index contributed by atoms with van der Waals surface area (Å²) in [4.78, 5) is 24.1. The van der Waals surface area contributed by atoms with Crippen molar-refractivity contribution in [3.05, 3.63) is 53.6 Å². The molecule has 0 saturated heterocycles. The van der Waals surface area contributed by atoms with Crippen LogP contribution in [-0.2, 0) is 4.79 Å². The Morgan fingerprint density at radius 1 is 1.14 bits per heavy atom. The molecule has 2 aromatic rings. The van der Waals surface area contributed by atoms with E-state index < -0.39 is 5.91 Å². The Balaban J connectivity index is 1.97. The molecule has 1 aliphatic rings. The van der Waals surface area contributed by atoms with E-state index in [0.717, 1.165) is 5.56 Å². The highest BCUT2D eigenvalue weighted by molar-refractivity contribution is 6.02. The summed E-state index contributed by atoms with van der Waals surface area (Å²) in [6, 6.07) is 12.8. The number of fused-ring (bicyclic) bond motifs is 1. The molecule has 0 spiro atoms. The average molecular weight is 398 g/mol. The van der Waals surface area contributed by atoms with Gasteiger partial charge in [-0.25, -0.2) is 5.01 Å². The number of carbonyl (C=O) groups is 2. The van der Waals surface area contributed by atoms with Crippen LogP contribution in [0.3, 0.4) is 0 Å². The van der Waals surface area contributed by atoms with Gasteiger partial charge in [-0.2, -0.15) is 0 Å². The molecule has 2 aromatic carbocycles. The van der Waals surface area contributed by atoms with Gasteiger partial charge < -0.3 is 15.2 Å². The number of carbonyl (C=O) groups excluding carboxylic acids is 2. The van der Waals surface area contributed by atoms with E-state index in [1.807, 2.05) is 56.1 Å². The largest absolute Gasteiger partial charge is 0.493 e. The minimum absolute atomic E-state index is 0.0242. The fourth-order valence-corrected chi connectivity index (χ4v) is 3.24. The smallest absolute Gasteiger partial charge is 0.272 e. The third kappa shape index (κ3) is 4.27. The number of ether oxygens (including phenoxy) is 2. The maximum absolute atomic E-state index is 12.7. The van der Waals surface area contributed by atoms with E-state index in [-0.39, 0.29) is 24.6 Å². The summed E-state index contributed by atoms with van der Waals surface area (Å²) in [7, 11) is 1.60. The highest BCUT2D eigenvalue weighted by atomic mass is 16.5. The third-order valence-electron chi connectivity index (χ3n) is 4.60. The van der Waals surface area contributed by atoms with Crippen LogP contribution in [0.25, 0.3) is 0 Å². The molecule has 0 saturated carbocycles. The summed E-state index contributed by atoms with van der Waals surface area (Å²) in [5.41, 5.74) is 10.5. The average Bonchev–Trinajstić information content (AvgIpc) is 2.69. The molecular formula is C21H26N4O4. The van der Waals surface area contributed by atoms with E-state index in [9.17, 15) is 9.59 Å². The van der Waals surface area contributed by atoms with Gasteiger partial charge in [-0.1, -0.05) is 18.2 Å². The second kappa shape index (κ2) is 8.40. The predicted molar refractivity (Wildman–Crippen MR) is 109 cm³/mol. The lowest BCUT2D eigenvalue weighted by atomic mass is 10.0. The van der Waals surface area contributed by atoms with E-state index in [1.54, 1.807) is 19.2 Å². The van der Waals surface area contributed by atoms with Crippen molar-refractivity contribution in [3.8, 4) is 11.5 Å². The topological polar surface area (TPSA) is 97.1 Å². The van der Waals surface area contributed by atoms with Crippen LogP contribution in [-0.4, -0.2) is 36.6 Å². The zero-order valence-electron chi connectivity index (χ0n) is 17.0. The van der Waals surface area contributed by atoms with Crippen molar-refractivity contribution in [1.29, 1.82) is 0 Å². The molecule has 0 aromatic heterocycles. The van der Waals surface area contributed by atoms with Gasteiger partial charge in [-0.05, 0) is 50.6 Å². The van der Waals surface area contributed by atoms with Gasteiger partial charge in [-0.15, -0.1) is 5.53 Å². The van der Waals surface area contributed by atoms with Gasteiger partial charge in [0.05, 0.1) is 30.5 Å². The first-order valence-electron chi connectivity index (χ1n) is 9.41. The summed E-state index contributed by atoms with van der Waals surface area (Å²) in [5.74, 6) is 0.380. The van der Waals surface area contributed by atoms with E-state index >= 15 is 0 Å². The number of nitrogens with two attached hydrogens (primary N) is 1. The standard InChI is InChI=1S/C21H26N4O4/c1-13(2)29-18-10-9-15(11-19(18)28-4)14(3)25-17-8-6-5-7-16(17)21(27)24(23-25)12-20(22)26/h5-11,13-14,23H,12H2,1-4H3,(H2,22,26). The number of benzene rings is 2. The van der Waals surface area contributed by atoms with Crippen molar-refractivity contribution in [1.82, 2.24) is 10.5 Å². The predicted octanol–water partition coefficient (Wildman–Crippen LogP) is 2.41. The Kier molecular flexibility index (Phi) is 5.93. The molecule has 1 aliphatic heterocycles. The Morgan fingerprint density at radius 3 is 2.52 bits per heavy atom. The second-order valence-electron chi connectivity index (χ2n) is 7.10. The molecular weight excluding hydrogens is 372 g/mol. The summed E-state index contributed by atoms with van der Waals surface area (Å²) in [6.07, 6.45) is 0.0242. The van der Waals surface area contributed by atoms with Crippen LogP contribution in [0.2, 0.25) is 0 Å². The molecule has 0 fully saturated rings. The van der Waals surface area contributed by atoms with Crippen LogP contribution >= 0.6 is 0 Å². The molecule has 1 unspecified atom stereocenters. The first kappa shape index (κ1) is 20.5. The molecule has 29 heavy (non-hydrogen) atoms. The van der Waals surface area contributed by atoms with Crippen LogP contribution in [0.4, 0.5) is 5.69 Å². The minimum atomic E-state index is -0.602. The van der Waals surface area contributed by atoms with Crippen molar-refractivity contribution in [3.63, 3.8) is 0 Å². The van der Waals surface area contributed by atoms with Gasteiger partial charge in [0.15, 0.2) is 11.5 Å². The monoisotopic (exact) mass is 398 g/mol. The maximum Gasteiger partial charge on any atom is 0.272 e. The van der Waals surface area contributed by atoms with Crippen LogP contribution in [0.5, 0.6) is 11.5 Å². The second-order valence-corrected chi connectivity index (χ2v) is 7.10. The quantitative estimate of drug-likeness (QED) is 0.743. The molecule has 154 valence electrons. The Hall–Kier alpha value is -3.26. The van der Waals surface area contributed by atoms with Gasteiger partial charge in [0.2, 0.25) is 5.91 Å². The Labute approximate surface area is 170 Å². The zero-order chi connectivity index (χ0) is 21.1. The van der Waals surface area contributed by atoms with Crippen molar-refractivity contribution in [2.75, 3.05) is 18.7 Å². The van der Waals surface area contributed by atoms with Gasteiger partial charge in [-0.3, -0.25) is 14.6 Å². The number of nitrogens with one attached hydrogen (secondary N) is 1. The maximum atomic E-state index is 12.7. The summed E-state index contributed by atoms with van der Waals surface area (Å²) < 4.78 is 11.3. The van der Waals surface area contributed by atoms with Crippen LogP contribution in [0, 0.1) is 0 Å². The van der Waals surface area contributed by atoms with Gasteiger partial charge >= 0.3 is 0 Å². The van der Waals surface area contributed by atoms with Crippen molar-refractivity contribution >= 4 is 17.5 Å². The fourth-order valence-electron chi connectivity index (χ4n) is 3.24. The molecule has 0 bridgehead atoms. The Bertz CT molecular complexity index is 915. The van der Waals surface area contributed by atoms with E-state index in [2.05, 4.69) is 5.53 Å². The molecule has 0 aliphatic carbocycles. The molecule has 1 heterocycles. The lowest BCUT2D eigenvalue weighted by molar-refractivity contribution is -0.119. The molecule has 1 atom stereocenters. The highest BCUT2D eigenvalue weighted by Crippen LogP contribution is 2.36. The van der Waals surface area contributed by atoms with Crippen molar-refractivity contribution in [2.24, 2.45) is 5.73 Å². The third-order valence-corrected chi connectivity index (χ3v) is 4.60. The molecule has 2 amide bonds. The minimum Gasteiger partial charge on any atom is -0.493 e. The molecule has 8 heteroatoms. The Morgan fingerprint density at radius 2 is 1.86 bits per heavy atom. The summed E-state index contributed by atoms with van der Waals surface area (Å²) >= 11 is 0. The van der Waals surface area contributed by atoms with Gasteiger partial charge in [0.25, 0.3) is 5.91 Å². The number of methoxy groups -OCH3 is 1. The molecule has 8 nitrogen and oxygen atoms in total. The number of hydrogen-bond acceptors (Lipinski definition) is 6. The number of para-hydroxylation sites is 1. The lowest BCUT2D eigenvalue weighted by Crippen LogP contribution is -2.59.